The molecule has 1 aromatic carbocycles. The number of anilines is 2. The van der Waals surface area contributed by atoms with Gasteiger partial charge in [-0.2, -0.15) is 0 Å². The summed E-state index contributed by atoms with van der Waals surface area (Å²) in [7, 11) is -0.294. The van der Waals surface area contributed by atoms with Crippen LogP contribution in [0.4, 0.5) is 11.4 Å². The lowest BCUT2D eigenvalue weighted by molar-refractivity contribution is 0.0956. The van der Waals surface area contributed by atoms with Crippen LogP contribution in [0.5, 0.6) is 0 Å². The van der Waals surface area contributed by atoms with Crippen molar-refractivity contribution in [1.29, 1.82) is 0 Å². The molecule has 21 heavy (non-hydrogen) atoms. The lowest BCUT2D eigenvalue weighted by Crippen LogP contribution is -2.28. The van der Waals surface area contributed by atoms with E-state index in [4.69, 9.17) is 5.73 Å². The number of nitrogens with two attached hydrogens (primary N) is 1. The van der Waals surface area contributed by atoms with Crippen LogP contribution in [0.15, 0.2) is 18.2 Å². The maximum atomic E-state index is 11.7. The summed E-state index contributed by atoms with van der Waals surface area (Å²) >= 11 is 0. The molecule has 0 aliphatic rings. The number of hydrogen-bond acceptors (Lipinski definition) is 5. The predicted molar refractivity (Wildman–Crippen MR) is 84.8 cm³/mol. The highest BCUT2D eigenvalue weighted by molar-refractivity contribution is 7.89. The molecule has 0 radical (unpaired) electrons. The van der Waals surface area contributed by atoms with Gasteiger partial charge in [-0.05, 0) is 25.1 Å². The smallest absolute Gasteiger partial charge is 0.251 e. The molecule has 0 unspecified atom stereocenters. The number of nitrogens with one attached hydrogen (secondary N) is 2. The summed E-state index contributed by atoms with van der Waals surface area (Å²) in [4.78, 5) is 11.7. The molecule has 0 saturated carbocycles. The maximum absolute atomic E-state index is 11.7. The van der Waals surface area contributed by atoms with Crippen molar-refractivity contribution in [3.05, 3.63) is 23.8 Å². The molecule has 0 fully saturated rings. The first kappa shape index (κ1) is 17.3. The fourth-order valence-corrected chi connectivity index (χ4v) is 2.34. The van der Waals surface area contributed by atoms with E-state index in [9.17, 15) is 13.2 Å². The van der Waals surface area contributed by atoms with E-state index in [0.29, 0.717) is 23.5 Å². The van der Waals surface area contributed by atoms with Gasteiger partial charge in [0.25, 0.3) is 5.91 Å². The number of rotatable bonds is 7. The number of benzene rings is 1. The number of nitrogens with zero attached hydrogens (tertiary/aromatic N) is 1. The predicted octanol–water partition coefficient (Wildman–Crippen LogP) is 0.322. The molecule has 0 aliphatic carbocycles. The van der Waals surface area contributed by atoms with Crippen LogP contribution in [-0.2, 0) is 10.0 Å². The Morgan fingerprint density at radius 3 is 2.57 bits per heavy atom. The minimum atomic E-state index is -3.27. The SMILES string of the molecule is CCNC(=O)c1ccc(N)c(NCCS(=O)(=O)N(C)C)c1. The summed E-state index contributed by atoms with van der Waals surface area (Å²) in [6.45, 7) is 2.58. The van der Waals surface area contributed by atoms with E-state index >= 15 is 0 Å². The van der Waals surface area contributed by atoms with Crippen molar-refractivity contribution in [2.45, 2.75) is 6.92 Å². The third kappa shape index (κ3) is 4.91. The van der Waals surface area contributed by atoms with E-state index in [-0.39, 0.29) is 18.2 Å². The van der Waals surface area contributed by atoms with Crippen LogP contribution in [0.1, 0.15) is 17.3 Å². The topological polar surface area (TPSA) is 105 Å². The second-order valence-electron chi connectivity index (χ2n) is 4.69. The summed E-state index contributed by atoms with van der Waals surface area (Å²) in [5.74, 6) is -0.244. The summed E-state index contributed by atoms with van der Waals surface area (Å²) < 4.78 is 24.5. The molecule has 1 aromatic rings. The fraction of sp³-hybridized carbons (Fsp3) is 0.462. The minimum Gasteiger partial charge on any atom is -0.397 e. The lowest BCUT2D eigenvalue weighted by Gasteiger charge is -2.14. The van der Waals surface area contributed by atoms with Crippen molar-refractivity contribution in [2.24, 2.45) is 0 Å². The molecule has 0 saturated heterocycles. The molecule has 0 bridgehead atoms. The van der Waals surface area contributed by atoms with Crippen LogP contribution < -0.4 is 16.4 Å². The van der Waals surface area contributed by atoms with Crippen molar-refractivity contribution in [3.8, 4) is 0 Å². The molecule has 1 rings (SSSR count). The zero-order chi connectivity index (χ0) is 16.0. The first-order valence-electron chi connectivity index (χ1n) is 6.59. The Morgan fingerprint density at radius 1 is 1.33 bits per heavy atom. The van der Waals surface area contributed by atoms with E-state index in [1.807, 2.05) is 6.92 Å². The number of amides is 1. The van der Waals surface area contributed by atoms with Crippen LogP contribution in [-0.4, -0.2) is 51.6 Å². The Balaban J connectivity index is 2.75. The van der Waals surface area contributed by atoms with Crippen molar-refractivity contribution in [2.75, 3.05) is 44.0 Å². The van der Waals surface area contributed by atoms with E-state index in [2.05, 4.69) is 10.6 Å². The second kappa shape index (κ2) is 7.28. The lowest BCUT2D eigenvalue weighted by atomic mass is 10.1. The molecule has 1 amide bonds. The van der Waals surface area contributed by atoms with Crippen LogP contribution in [0, 0.1) is 0 Å². The van der Waals surface area contributed by atoms with Crippen molar-refractivity contribution in [1.82, 2.24) is 9.62 Å². The summed E-state index contributed by atoms with van der Waals surface area (Å²) in [6.07, 6.45) is 0. The monoisotopic (exact) mass is 314 g/mol. The van der Waals surface area contributed by atoms with Crippen LogP contribution >= 0.6 is 0 Å². The standard InChI is InChI=1S/C13H22N4O3S/c1-4-15-13(18)10-5-6-11(14)12(9-10)16-7-8-21(19,20)17(2)3/h5-6,9,16H,4,7-8,14H2,1-3H3,(H,15,18). The molecular weight excluding hydrogens is 292 g/mol. The average Bonchev–Trinajstić information content (AvgIpc) is 2.40. The van der Waals surface area contributed by atoms with Gasteiger partial charge in [0.2, 0.25) is 10.0 Å². The Bertz CT molecular complexity index is 599. The van der Waals surface area contributed by atoms with Gasteiger partial charge in [-0.3, -0.25) is 4.79 Å². The molecule has 118 valence electrons. The molecule has 0 heterocycles. The van der Waals surface area contributed by atoms with Crippen molar-refractivity contribution >= 4 is 27.3 Å². The van der Waals surface area contributed by atoms with Crippen molar-refractivity contribution < 1.29 is 13.2 Å². The number of carbonyl (C=O) groups is 1. The molecule has 0 atom stereocenters. The van der Waals surface area contributed by atoms with Crippen LogP contribution in [0.25, 0.3) is 0 Å². The Hall–Kier alpha value is -1.80. The first-order chi connectivity index (χ1) is 9.77. The van der Waals surface area contributed by atoms with E-state index in [0.717, 1.165) is 0 Å². The zero-order valence-electron chi connectivity index (χ0n) is 12.5. The molecule has 0 spiro atoms. The number of sulfonamides is 1. The molecular formula is C13H22N4O3S. The molecule has 0 aliphatic heterocycles. The highest BCUT2D eigenvalue weighted by atomic mass is 32.2. The fourth-order valence-electron chi connectivity index (χ4n) is 1.61. The summed E-state index contributed by atoms with van der Waals surface area (Å²) in [5, 5.41) is 5.64. The third-order valence-corrected chi connectivity index (χ3v) is 4.72. The van der Waals surface area contributed by atoms with Gasteiger partial charge in [0.1, 0.15) is 0 Å². The van der Waals surface area contributed by atoms with Gasteiger partial charge in [0.15, 0.2) is 0 Å². The van der Waals surface area contributed by atoms with E-state index in [1.54, 1.807) is 18.2 Å². The normalized spacial score (nSPS) is 11.4. The number of hydrogen-bond donors (Lipinski definition) is 3. The highest BCUT2D eigenvalue weighted by Crippen LogP contribution is 2.20. The van der Waals surface area contributed by atoms with Gasteiger partial charge < -0.3 is 16.4 Å². The molecule has 4 N–H and O–H groups in total. The molecule has 8 heteroatoms. The van der Waals surface area contributed by atoms with Gasteiger partial charge in [0.05, 0.1) is 17.1 Å². The largest absolute Gasteiger partial charge is 0.397 e. The second-order valence-corrected chi connectivity index (χ2v) is 6.99. The quantitative estimate of drug-likeness (QED) is 0.629. The number of carbonyl (C=O) groups excluding carboxylic acids is 1. The first-order valence-corrected chi connectivity index (χ1v) is 8.20. The Kier molecular flexibility index (Phi) is 5.98. The average molecular weight is 314 g/mol. The van der Waals surface area contributed by atoms with E-state index in [1.165, 1.54) is 18.4 Å². The minimum absolute atomic E-state index is 0.0508. The maximum Gasteiger partial charge on any atom is 0.251 e. The zero-order valence-corrected chi connectivity index (χ0v) is 13.3. The highest BCUT2D eigenvalue weighted by Gasteiger charge is 2.13. The Morgan fingerprint density at radius 2 is 2.00 bits per heavy atom. The summed E-state index contributed by atoms with van der Waals surface area (Å²) in [6, 6.07) is 4.86. The summed E-state index contributed by atoms with van der Waals surface area (Å²) in [5.41, 5.74) is 7.31. The van der Waals surface area contributed by atoms with Crippen molar-refractivity contribution in [3.63, 3.8) is 0 Å². The Labute approximate surface area is 125 Å². The van der Waals surface area contributed by atoms with E-state index < -0.39 is 10.0 Å². The van der Waals surface area contributed by atoms with Crippen LogP contribution in [0.2, 0.25) is 0 Å². The van der Waals surface area contributed by atoms with Gasteiger partial charge in [0, 0.05) is 32.7 Å². The van der Waals surface area contributed by atoms with Gasteiger partial charge in [-0.25, -0.2) is 12.7 Å². The van der Waals surface area contributed by atoms with Gasteiger partial charge >= 0.3 is 0 Å². The molecule has 7 nitrogen and oxygen atoms in total. The third-order valence-electron chi connectivity index (χ3n) is 2.88. The van der Waals surface area contributed by atoms with Crippen LogP contribution in [0.3, 0.4) is 0 Å². The van der Waals surface area contributed by atoms with Gasteiger partial charge in [-0.1, -0.05) is 0 Å². The van der Waals surface area contributed by atoms with Gasteiger partial charge in [-0.15, -0.1) is 0 Å². The number of nitrogen functional groups attached to an aromatic ring is 1. The molecule has 0 aromatic heterocycles.